The molecule has 26 heavy (non-hydrogen) atoms. The maximum Gasteiger partial charge on any atom is 0.253 e. The average Bonchev–Trinajstić information content (AvgIpc) is 2.95. The van der Waals surface area contributed by atoms with Gasteiger partial charge >= 0.3 is 0 Å². The highest BCUT2D eigenvalue weighted by atomic mass is 16.5. The number of carbonyl (C=O) groups excluding carboxylic acids is 1. The van der Waals surface area contributed by atoms with Gasteiger partial charge in [-0.25, -0.2) is 0 Å². The van der Waals surface area contributed by atoms with Crippen molar-refractivity contribution in [2.24, 2.45) is 0 Å². The van der Waals surface area contributed by atoms with E-state index in [9.17, 15) is 4.79 Å². The van der Waals surface area contributed by atoms with Crippen molar-refractivity contribution in [1.82, 2.24) is 14.8 Å². The lowest BCUT2D eigenvalue weighted by Crippen LogP contribution is -2.55. The lowest BCUT2D eigenvalue weighted by atomic mass is 10.0. The van der Waals surface area contributed by atoms with E-state index in [1.165, 1.54) is 0 Å². The Morgan fingerprint density at radius 2 is 1.81 bits per heavy atom. The van der Waals surface area contributed by atoms with Crippen LogP contribution in [0.25, 0.3) is 5.69 Å². The first-order chi connectivity index (χ1) is 12.4. The van der Waals surface area contributed by atoms with Crippen molar-refractivity contribution >= 4 is 5.91 Å². The Balaban J connectivity index is 1.72. The van der Waals surface area contributed by atoms with Gasteiger partial charge in [0.15, 0.2) is 0 Å². The minimum absolute atomic E-state index is 0.0124. The molecule has 0 spiro atoms. The molecule has 3 rings (SSSR count). The number of nitrogens with one attached hydrogen (secondary N) is 1. The Morgan fingerprint density at radius 3 is 2.46 bits per heavy atom. The number of ether oxygens (including phenoxy) is 1. The zero-order chi connectivity index (χ0) is 18.7. The summed E-state index contributed by atoms with van der Waals surface area (Å²) < 4.78 is 7.56. The predicted molar refractivity (Wildman–Crippen MR) is 104 cm³/mol. The molecule has 0 radical (unpaired) electrons. The Kier molecular flexibility index (Phi) is 5.49. The average molecular weight is 355 g/mol. The Morgan fingerprint density at radius 1 is 1.15 bits per heavy atom. The van der Waals surface area contributed by atoms with Gasteiger partial charge in [0, 0.05) is 42.2 Å². The molecule has 1 aromatic heterocycles. The van der Waals surface area contributed by atoms with E-state index in [0.717, 1.165) is 48.9 Å². The van der Waals surface area contributed by atoms with Gasteiger partial charge in [0.2, 0.25) is 0 Å². The molecule has 1 aliphatic rings. The zero-order valence-electron chi connectivity index (χ0n) is 16.2. The summed E-state index contributed by atoms with van der Waals surface area (Å²) in [5.41, 5.74) is 3.76. The summed E-state index contributed by atoms with van der Waals surface area (Å²) in [6, 6.07) is 12.1. The highest BCUT2D eigenvalue weighted by molar-refractivity contribution is 5.96. The molecular formula is C21H29N3O2. The van der Waals surface area contributed by atoms with Crippen molar-refractivity contribution < 1.29 is 9.53 Å². The molecule has 140 valence electrons. The number of aryl methyl sites for hydroxylation is 1. The molecule has 2 aromatic rings. The fourth-order valence-electron chi connectivity index (χ4n) is 3.64. The molecule has 0 unspecified atom stereocenters. The van der Waals surface area contributed by atoms with Gasteiger partial charge in [-0.05, 0) is 45.9 Å². The molecule has 1 saturated heterocycles. The van der Waals surface area contributed by atoms with Crippen LogP contribution in [0, 0.1) is 13.8 Å². The van der Waals surface area contributed by atoms with Gasteiger partial charge in [0.1, 0.15) is 0 Å². The number of hydrogen-bond donors (Lipinski definition) is 1. The monoisotopic (exact) mass is 355 g/mol. The summed E-state index contributed by atoms with van der Waals surface area (Å²) in [6.07, 6.45) is 0. The molecule has 0 atom stereocenters. The van der Waals surface area contributed by atoms with E-state index in [1.54, 1.807) is 0 Å². The van der Waals surface area contributed by atoms with Crippen LogP contribution in [-0.2, 0) is 4.74 Å². The molecule has 1 fully saturated rings. The molecular weight excluding hydrogens is 326 g/mol. The summed E-state index contributed by atoms with van der Waals surface area (Å²) in [7, 11) is 0. The molecule has 0 aliphatic carbocycles. The van der Waals surface area contributed by atoms with E-state index in [0.29, 0.717) is 6.54 Å². The molecule has 0 saturated carbocycles. The molecule has 5 heteroatoms. The van der Waals surface area contributed by atoms with E-state index in [4.69, 9.17) is 4.74 Å². The summed E-state index contributed by atoms with van der Waals surface area (Å²) in [5.74, 6) is -0.0124. The summed E-state index contributed by atoms with van der Waals surface area (Å²) in [4.78, 5) is 15.2. The number of amides is 1. The molecule has 0 bridgehead atoms. The van der Waals surface area contributed by atoms with Crippen LogP contribution in [0.4, 0.5) is 0 Å². The van der Waals surface area contributed by atoms with Crippen molar-refractivity contribution in [1.29, 1.82) is 0 Å². The topological polar surface area (TPSA) is 46.5 Å². The van der Waals surface area contributed by atoms with Crippen LogP contribution in [-0.4, -0.2) is 53.8 Å². The van der Waals surface area contributed by atoms with Gasteiger partial charge in [0.05, 0.1) is 18.8 Å². The minimum Gasteiger partial charge on any atom is -0.379 e. The molecule has 5 nitrogen and oxygen atoms in total. The standard InChI is InChI=1S/C21H29N3O2/c1-16-14-19(17(2)24(16)18-8-6-5-7-9-18)20(25)22-15-21(3,4)23-10-12-26-13-11-23/h5-9,14H,10-13,15H2,1-4H3,(H,22,25). The van der Waals surface area contributed by atoms with Crippen molar-refractivity contribution in [3.05, 3.63) is 53.3 Å². The molecule has 1 aliphatic heterocycles. The Hall–Kier alpha value is -2.11. The van der Waals surface area contributed by atoms with Crippen molar-refractivity contribution in [3.8, 4) is 5.69 Å². The van der Waals surface area contributed by atoms with Crippen LogP contribution in [0.1, 0.15) is 35.6 Å². The largest absolute Gasteiger partial charge is 0.379 e. The quantitative estimate of drug-likeness (QED) is 0.897. The molecule has 1 aromatic carbocycles. The third-order valence-corrected chi connectivity index (χ3v) is 5.24. The number of carbonyl (C=O) groups is 1. The summed E-state index contributed by atoms with van der Waals surface area (Å²) in [5, 5.41) is 3.13. The Bertz CT molecular complexity index is 759. The third-order valence-electron chi connectivity index (χ3n) is 5.24. The smallest absolute Gasteiger partial charge is 0.253 e. The van der Waals surface area contributed by atoms with E-state index < -0.39 is 0 Å². The third kappa shape index (κ3) is 3.84. The number of morpholine rings is 1. The first-order valence-electron chi connectivity index (χ1n) is 9.25. The number of benzene rings is 1. The fourth-order valence-corrected chi connectivity index (χ4v) is 3.64. The molecule has 1 N–H and O–H groups in total. The summed E-state index contributed by atoms with van der Waals surface area (Å²) in [6.45, 7) is 12.3. The van der Waals surface area contributed by atoms with Gasteiger partial charge in [-0.3, -0.25) is 9.69 Å². The Labute approximate surface area is 156 Å². The first-order valence-corrected chi connectivity index (χ1v) is 9.25. The lowest BCUT2D eigenvalue weighted by Gasteiger charge is -2.40. The SMILES string of the molecule is Cc1cc(C(=O)NCC(C)(C)N2CCOCC2)c(C)n1-c1ccccc1. The van der Waals surface area contributed by atoms with Gasteiger partial charge < -0.3 is 14.6 Å². The van der Waals surface area contributed by atoms with E-state index in [-0.39, 0.29) is 11.4 Å². The van der Waals surface area contributed by atoms with Crippen LogP contribution in [0.2, 0.25) is 0 Å². The van der Waals surface area contributed by atoms with Crippen molar-refractivity contribution in [2.45, 2.75) is 33.2 Å². The van der Waals surface area contributed by atoms with E-state index in [2.05, 4.69) is 40.8 Å². The number of rotatable bonds is 5. The van der Waals surface area contributed by atoms with Crippen molar-refractivity contribution in [2.75, 3.05) is 32.8 Å². The normalized spacial score (nSPS) is 15.8. The first kappa shape index (κ1) is 18.7. The highest BCUT2D eigenvalue weighted by Gasteiger charge is 2.29. The van der Waals surface area contributed by atoms with Crippen LogP contribution < -0.4 is 5.32 Å². The second-order valence-electron chi connectivity index (χ2n) is 7.55. The second-order valence-corrected chi connectivity index (χ2v) is 7.55. The number of para-hydroxylation sites is 1. The van der Waals surface area contributed by atoms with Crippen molar-refractivity contribution in [3.63, 3.8) is 0 Å². The van der Waals surface area contributed by atoms with Crippen LogP contribution >= 0.6 is 0 Å². The second kappa shape index (κ2) is 7.64. The number of aromatic nitrogens is 1. The van der Waals surface area contributed by atoms with E-state index in [1.807, 2.05) is 38.1 Å². The predicted octanol–water partition coefficient (Wildman–Crippen LogP) is 2.93. The molecule has 2 heterocycles. The van der Waals surface area contributed by atoms with Gasteiger partial charge in [0.25, 0.3) is 5.91 Å². The van der Waals surface area contributed by atoms with E-state index >= 15 is 0 Å². The number of hydrogen-bond acceptors (Lipinski definition) is 3. The summed E-state index contributed by atoms with van der Waals surface area (Å²) >= 11 is 0. The zero-order valence-corrected chi connectivity index (χ0v) is 16.2. The fraction of sp³-hybridized carbons (Fsp3) is 0.476. The highest BCUT2D eigenvalue weighted by Crippen LogP contribution is 2.21. The molecule has 1 amide bonds. The van der Waals surface area contributed by atoms with Crippen LogP contribution in [0.15, 0.2) is 36.4 Å². The van der Waals surface area contributed by atoms with Gasteiger partial charge in [-0.2, -0.15) is 0 Å². The van der Waals surface area contributed by atoms with Crippen LogP contribution in [0.5, 0.6) is 0 Å². The van der Waals surface area contributed by atoms with Crippen LogP contribution in [0.3, 0.4) is 0 Å². The van der Waals surface area contributed by atoms with Gasteiger partial charge in [-0.1, -0.05) is 18.2 Å². The van der Waals surface area contributed by atoms with Gasteiger partial charge in [-0.15, -0.1) is 0 Å². The minimum atomic E-state index is -0.0929. The maximum atomic E-state index is 12.8. The maximum absolute atomic E-state index is 12.8. The number of nitrogens with zero attached hydrogens (tertiary/aromatic N) is 2. The lowest BCUT2D eigenvalue weighted by molar-refractivity contribution is -0.00923.